The summed E-state index contributed by atoms with van der Waals surface area (Å²) in [6.45, 7) is 0.421. The molecule has 1 heterocycles. The second kappa shape index (κ2) is 3.04. The second-order valence-corrected chi connectivity index (χ2v) is 3.84. The third-order valence-electron chi connectivity index (χ3n) is 2.68. The van der Waals surface area contributed by atoms with Gasteiger partial charge in [-0.1, -0.05) is 5.92 Å². The zero-order chi connectivity index (χ0) is 9.42. The minimum Gasteiger partial charge on any atom is -0.391 e. The Hall–Kier alpha value is -1.01. The summed E-state index contributed by atoms with van der Waals surface area (Å²) in [5.74, 6) is 2.89. The van der Waals surface area contributed by atoms with Crippen molar-refractivity contribution in [3.05, 3.63) is 0 Å². The van der Waals surface area contributed by atoms with Gasteiger partial charge in [0.2, 0.25) is 5.91 Å². The van der Waals surface area contributed by atoms with E-state index in [1.165, 1.54) is 0 Å². The van der Waals surface area contributed by atoms with Gasteiger partial charge >= 0.3 is 0 Å². The summed E-state index contributed by atoms with van der Waals surface area (Å²) in [4.78, 5) is 13.3. The average molecular weight is 179 g/mol. The number of likely N-dealkylation sites (tertiary alicyclic amines) is 1. The lowest BCUT2D eigenvalue weighted by Gasteiger charge is -2.19. The van der Waals surface area contributed by atoms with Gasteiger partial charge < -0.3 is 10.0 Å². The third kappa shape index (κ3) is 1.54. The quantitative estimate of drug-likeness (QED) is 0.575. The molecular formula is C10H13NO2. The summed E-state index contributed by atoms with van der Waals surface area (Å²) < 4.78 is 0. The maximum Gasteiger partial charge on any atom is 0.226 e. The Kier molecular flexibility index (Phi) is 2.01. The first-order valence-corrected chi connectivity index (χ1v) is 4.67. The average Bonchev–Trinajstić information content (AvgIpc) is 2.88. The number of carbonyl (C=O) groups is 1. The predicted octanol–water partition coefficient (Wildman–Crippen LogP) is -0.00860. The highest BCUT2D eigenvalue weighted by Crippen LogP contribution is 2.33. The minimum absolute atomic E-state index is 0.138. The van der Waals surface area contributed by atoms with Gasteiger partial charge in [0.1, 0.15) is 0 Å². The van der Waals surface area contributed by atoms with Crippen LogP contribution in [-0.4, -0.2) is 34.6 Å². The van der Waals surface area contributed by atoms with E-state index in [1.54, 1.807) is 4.90 Å². The van der Waals surface area contributed by atoms with Gasteiger partial charge in [0, 0.05) is 18.9 Å². The van der Waals surface area contributed by atoms with Gasteiger partial charge in [-0.25, -0.2) is 0 Å². The molecule has 2 rings (SSSR count). The fraction of sp³-hybridized carbons (Fsp3) is 0.700. The molecule has 0 aromatic rings. The number of nitrogens with zero attached hydrogens (tertiary/aromatic N) is 1. The SMILES string of the molecule is C#C[C@H]1C[C@@H](O)CN1C(=O)C1CC1. The normalized spacial score (nSPS) is 33.1. The van der Waals surface area contributed by atoms with Crippen molar-refractivity contribution in [2.75, 3.05) is 6.54 Å². The molecule has 1 N–H and O–H groups in total. The van der Waals surface area contributed by atoms with Crippen LogP contribution < -0.4 is 0 Å². The number of terminal acetylenes is 1. The van der Waals surface area contributed by atoms with E-state index in [4.69, 9.17) is 6.42 Å². The molecule has 3 heteroatoms. The van der Waals surface area contributed by atoms with Gasteiger partial charge in [-0.05, 0) is 12.8 Å². The molecule has 2 aliphatic rings. The predicted molar refractivity (Wildman–Crippen MR) is 47.7 cm³/mol. The lowest BCUT2D eigenvalue weighted by atomic mass is 10.2. The monoisotopic (exact) mass is 179 g/mol. The Morgan fingerprint density at radius 3 is 2.77 bits per heavy atom. The first-order valence-electron chi connectivity index (χ1n) is 4.67. The first-order chi connectivity index (χ1) is 6.22. The number of rotatable bonds is 1. The summed E-state index contributed by atoms with van der Waals surface area (Å²) in [6, 6.07) is -0.178. The van der Waals surface area contributed by atoms with E-state index >= 15 is 0 Å². The van der Waals surface area contributed by atoms with Crippen molar-refractivity contribution in [1.82, 2.24) is 4.90 Å². The molecule has 1 saturated heterocycles. The number of carbonyl (C=O) groups excluding carboxylic acids is 1. The van der Waals surface area contributed by atoms with Crippen LogP contribution in [0.15, 0.2) is 0 Å². The fourth-order valence-electron chi connectivity index (χ4n) is 1.78. The highest BCUT2D eigenvalue weighted by atomic mass is 16.3. The molecule has 0 spiro atoms. The lowest BCUT2D eigenvalue weighted by molar-refractivity contribution is -0.132. The molecule has 0 aromatic carbocycles. The molecule has 3 nitrogen and oxygen atoms in total. The van der Waals surface area contributed by atoms with E-state index in [2.05, 4.69) is 5.92 Å². The summed E-state index contributed by atoms with van der Waals surface area (Å²) in [6.07, 6.45) is 7.38. The number of aliphatic hydroxyl groups is 1. The molecular weight excluding hydrogens is 166 g/mol. The van der Waals surface area contributed by atoms with Crippen molar-refractivity contribution < 1.29 is 9.90 Å². The van der Waals surface area contributed by atoms with E-state index < -0.39 is 6.10 Å². The fourth-order valence-corrected chi connectivity index (χ4v) is 1.78. The summed E-state index contributed by atoms with van der Waals surface area (Å²) in [7, 11) is 0. The third-order valence-corrected chi connectivity index (χ3v) is 2.68. The molecule has 1 aliphatic heterocycles. The standard InChI is InChI=1S/C10H13NO2/c1-2-8-5-9(12)6-11(8)10(13)7-3-4-7/h1,7-9,12H,3-6H2/t8-,9+/m0/s1. The van der Waals surface area contributed by atoms with Crippen molar-refractivity contribution in [3.63, 3.8) is 0 Å². The van der Waals surface area contributed by atoms with Gasteiger partial charge in [-0.15, -0.1) is 6.42 Å². The minimum atomic E-state index is -0.427. The molecule has 13 heavy (non-hydrogen) atoms. The Balaban J connectivity index is 2.04. The van der Waals surface area contributed by atoms with Crippen LogP contribution in [0.1, 0.15) is 19.3 Å². The Labute approximate surface area is 77.7 Å². The summed E-state index contributed by atoms with van der Waals surface area (Å²) in [5.41, 5.74) is 0. The van der Waals surface area contributed by atoms with Crippen LogP contribution in [0.2, 0.25) is 0 Å². The zero-order valence-corrected chi connectivity index (χ0v) is 7.44. The van der Waals surface area contributed by atoms with E-state index in [0.29, 0.717) is 13.0 Å². The topological polar surface area (TPSA) is 40.5 Å². The van der Waals surface area contributed by atoms with Gasteiger partial charge in [-0.2, -0.15) is 0 Å². The molecule has 0 aromatic heterocycles. The van der Waals surface area contributed by atoms with Gasteiger partial charge in [0.15, 0.2) is 0 Å². The molecule has 2 fully saturated rings. The molecule has 1 saturated carbocycles. The van der Waals surface area contributed by atoms with Crippen LogP contribution >= 0.6 is 0 Å². The summed E-state index contributed by atoms with van der Waals surface area (Å²) in [5, 5.41) is 9.36. The van der Waals surface area contributed by atoms with Gasteiger partial charge in [-0.3, -0.25) is 4.79 Å². The number of aliphatic hydroxyl groups excluding tert-OH is 1. The van der Waals surface area contributed by atoms with Crippen LogP contribution in [0.4, 0.5) is 0 Å². The van der Waals surface area contributed by atoms with Crippen molar-refractivity contribution in [1.29, 1.82) is 0 Å². The van der Waals surface area contributed by atoms with Crippen LogP contribution in [0, 0.1) is 18.3 Å². The van der Waals surface area contributed by atoms with Crippen LogP contribution in [0.5, 0.6) is 0 Å². The van der Waals surface area contributed by atoms with Crippen molar-refractivity contribution >= 4 is 5.91 Å². The van der Waals surface area contributed by atoms with Crippen molar-refractivity contribution in [2.45, 2.75) is 31.4 Å². The number of hydrogen-bond donors (Lipinski definition) is 1. The Bertz CT molecular complexity index is 265. The van der Waals surface area contributed by atoms with Gasteiger partial charge in [0.05, 0.1) is 12.1 Å². The number of hydrogen-bond acceptors (Lipinski definition) is 2. The molecule has 0 radical (unpaired) electrons. The molecule has 2 atom stereocenters. The lowest BCUT2D eigenvalue weighted by Crippen LogP contribution is -2.36. The van der Waals surface area contributed by atoms with Gasteiger partial charge in [0.25, 0.3) is 0 Å². The van der Waals surface area contributed by atoms with E-state index in [0.717, 1.165) is 12.8 Å². The zero-order valence-electron chi connectivity index (χ0n) is 7.44. The van der Waals surface area contributed by atoms with Crippen LogP contribution in [0.3, 0.4) is 0 Å². The van der Waals surface area contributed by atoms with Crippen LogP contribution in [0.25, 0.3) is 0 Å². The second-order valence-electron chi connectivity index (χ2n) is 3.84. The molecule has 0 unspecified atom stereocenters. The maximum atomic E-state index is 11.6. The Morgan fingerprint density at radius 1 is 1.54 bits per heavy atom. The number of β-amino-alcohol motifs (C(OH)–C–C–N with tert-alkyl or cyclic N) is 1. The van der Waals surface area contributed by atoms with E-state index in [9.17, 15) is 9.90 Å². The number of amides is 1. The maximum absolute atomic E-state index is 11.6. The Morgan fingerprint density at radius 2 is 2.23 bits per heavy atom. The molecule has 70 valence electrons. The first kappa shape index (κ1) is 8.58. The largest absolute Gasteiger partial charge is 0.391 e. The van der Waals surface area contributed by atoms with Crippen molar-refractivity contribution in [3.8, 4) is 12.3 Å². The molecule has 0 bridgehead atoms. The molecule has 1 aliphatic carbocycles. The van der Waals surface area contributed by atoms with E-state index in [-0.39, 0.29) is 17.9 Å². The van der Waals surface area contributed by atoms with E-state index in [1.807, 2.05) is 0 Å². The van der Waals surface area contributed by atoms with Crippen molar-refractivity contribution in [2.24, 2.45) is 5.92 Å². The summed E-state index contributed by atoms with van der Waals surface area (Å²) >= 11 is 0. The smallest absolute Gasteiger partial charge is 0.226 e. The highest BCUT2D eigenvalue weighted by molar-refractivity contribution is 5.82. The van der Waals surface area contributed by atoms with Crippen LogP contribution in [-0.2, 0) is 4.79 Å². The highest BCUT2D eigenvalue weighted by Gasteiger charge is 2.40. The molecule has 1 amide bonds.